The lowest BCUT2D eigenvalue weighted by atomic mass is 10.1. The molecule has 0 aliphatic carbocycles. The number of likely N-dealkylation sites (N-methyl/N-ethyl adjacent to an activating group) is 1. The molecule has 1 aliphatic rings. The molecule has 1 aromatic carbocycles. The molecule has 20 heavy (non-hydrogen) atoms. The van der Waals surface area contributed by atoms with E-state index in [1.807, 2.05) is 11.8 Å². The Morgan fingerprint density at radius 1 is 1.50 bits per heavy atom. The van der Waals surface area contributed by atoms with E-state index in [-0.39, 0.29) is 19.1 Å². The molecule has 7 heteroatoms. The number of benzene rings is 1. The van der Waals surface area contributed by atoms with Crippen LogP contribution in [0.15, 0.2) is 12.1 Å². The fraction of sp³-hybridized carbons (Fsp3) is 0.538. The molecule has 2 rings (SSSR count). The molecule has 0 radical (unpaired) electrons. The number of aliphatic hydroxyl groups is 1. The number of nitro benzene ring substituents is 1. The summed E-state index contributed by atoms with van der Waals surface area (Å²) in [6, 6.07) is 3.02. The van der Waals surface area contributed by atoms with E-state index < -0.39 is 4.92 Å². The maximum absolute atomic E-state index is 11.0. The highest BCUT2D eigenvalue weighted by Crippen LogP contribution is 2.33. The molecule has 0 bridgehead atoms. The van der Waals surface area contributed by atoms with Crippen molar-refractivity contribution in [2.24, 2.45) is 0 Å². The average molecular weight is 282 g/mol. The van der Waals surface area contributed by atoms with Gasteiger partial charge in [-0.3, -0.25) is 15.0 Å². The number of rotatable bonds is 6. The third-order valence-corrected chi connectivity index (χ3v) is 3.24. The molecule has 7 nitrogen and oxygen atoms in total. The predicted molar refractivity (Wildman–Crippen MR) is 71.4 cm³/mol. The fourth-order valence-electron chi connectivity index (χ4n) is 2.23. The molecule has 1 aliphatic heterocycles. The molecule has 1 aromatic rings. The van der Waals surface area contributed by atoms with E-state index in [0.29, 0.717) is 31.0 Å². The molecular formula is C13H18N2O5. The number of nitro groups is 1. The number of fused-ring (bicyclic) bond motifs is 1. The van der Waals surface area contributed by atoms with Crippen molar-refractivity contribution in [3.63, 3.8) is 0 Å². The second-order valence-corrected chi connectivity index (χ2v) is 4.55. The van der Waals surface area contributed by atoms with Gasteiger partial charge < -0.3 is 14.6 Å². The molecule has 0 saturated heterocycles. The Balaban J connectivity index is 2.33. The molecule has 1 N–H and O–H groups in total. The smallest absolute Gasteiger partial charge is 0.270 e. The normalized spacial score (nSPS) is 13.9. The minimum Gasteiger partial charge on any atom is -0.467 e. The molecule has 0 atom stereocenters. The second kappa shape index (κ2) is 6.65. The van der Waals surface area contributed by atoms with E-state index in [2.05, 4.69) is 0 Å². The minimum absolute atomic E-state index is 0.0351. The summed E-state index contributed by atoms with van der Waals surface area (Å²) in [6.45, 7) is 4.26. The number of non-ortho nitro benzene ring substituents is 1. The van der Waals surface area contributed by atoms with Crippen molar-refractivity contribution in [2.45, 2.75) is 20.1 Å². The molecule has 110 valence electrons. The zero-order valence-electron chi connectivity index (χ0n) is 11.4. The first kappa shape index (κ1) is 14.7. The Morgan fingerprint density at radius 2 is 2.30 bits per heavy atom. The minimum atomic E-state index is -0.416. The molecule has 0 aromatic heterocycles. The highest BCUT2D eigenvalue weighted by molar-refractivity contribution is 5.50. The first-order valence-electron chi connectivity index (χ1n) is 6.49. The zero-order valence-corrected chi connectivity index (χ0v) is 11.4. The lowest BCUT2D eigenvalue weighted by Gasteiger charge is -2.24. The third kappa shape index (κ3) is 3.24. The average Bonchev–Trinajstić information content (AvgIpc) is 2.46. The summed E-state index contributed by atoms with van der Waals surface area (Å²) >= 11 is 0. The number of aliphatic hydroxyl groups excluding tert-OH is 1. The third-order valence-electron chi connectivity index (χ3n) is 3.24. The molecule has 0 unspecified atom stereocenters. The summed E-state index contributed by atoms with van der Waals surface area (Å²) in [7, 11) is 0. The van der Waals surface area contributed by atoms with Gasteiger partial charge in [0.25, 0.3) is 5.69 Å². The van der Waals surface area contributed by atoms with Gasteiger partial charge in [0.05, 0.1) is 18.1 Å². The summed E-state index contributed by atoms with van der Waals surface area (Å²) in [5.41, 5.74) is 1.49. The summed E-state index contributed by atoms with van der Waals surface area (Å²) in [6.07, 6.45) is 0. The number of ether oxygens (including phenoxy) is 2. The maximum Gasteiger partial charge on any atom is 0.270 e. The Morgan fingerprint density at radius 3 is 2.95 bits per heavy atom. The van der Waals surface area contributed by atoms with Crippen LogP contribution in [0.2, 0.25) is 0 Å². The van der Waals surface area contributed by atoms with Crippen molar-refractivity contribution in [2.75, 3.05) is 26.5 Å². The van der Waals surface area contributed by atoms with Crippen LogP contribution in [0.1, 0.15) is 18.1 Å². The van der Waals surface area contributed by atoms with Crippen LogP contribution in [0.4, 0.5) is 5.69 Å². The van der Waals surface area contributed by atoms with Crippen molar-refractivity contribution in [1.82, 2.24) is 4.90 Å². The molecular weight excluding hydrogens is 264 g/mol. The molecule has 1 heterocycles. The van der Waals surface area contributed by atoms with Gasteiger partial charge in [-0.2, -0.15) is 0 Å². The SMILES string of the molecule is CCN(CCO)Cc1cc([N+](=O)[O-])cc2c1OCOC2. The van der Waals surface area contributed by atoms with Crippen LogP contribution in [0.3, 0.4) is 0 Å². The van der Waals surface area contributed by atoms with Gasteiger partial charge in [-0.15, -0.1) is 0 Å². The Hall–Kier alpha value is -1.70. The molecule has 0 fully saturated rings. The Labute approximate surface area is 116 Å². The standard InChI is InChI=1S/C13H18N2O5/c1-2-14(3-4-16)7-10-5-12(15(17)18)6-11-8-19-9-20-13(10)11/h5-6,16H,2-4,7-9H2,1H3. The first-order chi connectivity index (χ1) is 9.65. The van der Waals surface area contributed by atoms with Gasteiger partial charge in [0, 0.05) is 36.3 Å². The lowest BCUT2D eigenvalue weighted by Crippen LogP contribution is -2.27. The van der Waals surface area contributed by atoms with E-state index >= 15 is 0 Å². The van der Waals surface area contributed by atoms with Crippen molar-refractivity contribution in [3.8, 4) is 5.75 Å². The van der Waals surface area contributed by atoms with E-state index in [1.165, 1.54) is 12.1 Å². The monoisotopic (exact) mass is 282 g/mol. The Kier molecular flexibility index (Phi) is 4.89. The lowest BCUT2D eigenvalue weighted by molar-refractivity contribution is -0.385. The second-order valence-electron chi connectivity index (χ2n) is 4.55. The van der Waals surface area contributed by atoms with Crippen molar-refractivity contribution < 1.29 is 19.5 Å². The quantitative estimate of drug-likeness (QED) is 0.625. The van der Waals surface area contributed by atoms with E-state index in [4.69, 9.17) is 14.6 Å². The van der Waals surface area contributed by atoms with Crippen LogP contribution >= 0.6 is 0 Å². The van der Waals surface area contributed by atoms with Crippen LogP contribution in [0.25, 0.3) is 0 Å². The van der Waals surface area contributed by atoms with E-state index in [0.717, 1.165) is 12.1 Å². The van der Waals surface area contributed by atoms with E-state index in [1.54, 1.807) is 0 Å². The summed E-state index contributed by atoms with van der Waals surface area (Å²) in [5, 5.41) is 20.0. The van der Waals surface area contributed by atoms with E-state index in [9.17, 15) is 10.1 Å². The van der Waals surface area contributed by atoms with Gasteiger partial charge in [0.1, 0.15) is 5.75 Å². The van der Waals surface area contributed by atoms with Crippen molar-refractivity contribution in [1.29, 1.82) is 0 Å². The van der Waals surface area contributed by atoms with Crippen LogP contribution < -0.4 is 4.74 Å². The highest BCUT2D eigenvalue weighted by Gasteiger charge is 2.21. The summed E-state index contributed by atoms with van der Waals surface area (Å²) in [5.74, 6) is 0.665. The summed E-state index contributed by atoms with van der Waals surface area (Å²) < 4.78 is 10.6. The Bertz CT molecular complexity index is 492. The van der Waals surface area contributed by atoms with Crippen molar-refractivity contribution in [3.05, 3.63) is 33.4 Å². The zero-order chi connectivity index (χ0) is 14.5. The first-order valence-corrected chi connectivity index (χ1v) is 6.49. The van der Waals surface area contributed by atoms with Gasteiger partial charge in [-0.1, -0.05) is 6.92 Å². The topological polar surface area (TPSA) is 85.1 Å². The summed E-state index contributed by atoms with van der Waals surface area (Å²) in [4.78, 5) is 12.6. The fourth-order valence-corrected chi connectivity index (χ4v) is 2.23. The largest absolute Gasteiger partial charge is 0.467 e. The number of hydrogen-bond acceptors (Lipinski definition) is 6. The van der Waals surface area contributed by atoms with Gasteiger partial charge in [0.2, 0.25) is 0 Å². The van der Waals surface area contributed by atoms with Gasteiger partial charge >= 0.3 is 0 Å². The predicted octanol–water partition coefficient (Wildman–Crippen LogP) is 1.28. The molecule has 0 amide bonds. The molecule has 0 spiro atoms. The van der Waals surface area contributed by atoms with Crippen molar-refractivity contribution >= 4 is 5.69 Å². The van der Waals surface area contributed by atoms with Crippen LogP contribution in [-0.4, -0.2) is 41.4 Å². The number of nitrogens with zero attached hydrogens (tertiary/aromatic N) is 2. The van der Waals surface area contributed by atoms with Crippen LogP contribution in [-0.2, 0) is 17.9 Å². The highest BCUT2D eigenvalue weighted by atomic mass is 16.7. The molecule has 0 saturated carbocycles. The van der Waals surface area contributed by atoms with Gasteiger partial charge in [0.15, 0.2) is 6.79 Å². The maximum atomic E-state index is 11.0. The van der Waals surface area contributed by atoms with Gasteiger partial charge in [-0.25, -0.2) is 0 Å². The van der Waals surface area contributed by atoms with Crippen LogP contribution in [0.5, 0.6) is 5.75 Å². The number of hydrogen-bond donors (Lipinski definition) is 1. The van der Waals surface area contributed by atoms with Crippen LogP contribution in [0, 0.1) is 10.1 Å². The van der Waals surface area contributed by atoms with Gasteiger partial charge in [-0.05, 0) is 6.54 Å².